The van der Waals surface area contributed by atoms with E-state index in [1.807, 2.05) is 6.20 Å². The molecule has 6 heteroatoms. The molecule has 0 spiro atoms. The Kier molecular flexibility index (Phi) is 4.55. The molecule has 1 aromatic rings. The van der Waals surface area contributed by atoms with Gasteiger partial charge in [-0.3, -0.25) is 4.79 Å². The minimum absolute atomic E-state index is 0.00495. The summed E-state index contributed by atoms with van der Waals surface area (Å²) >= 11 is 0. The highest BCUT2D eigenvalue weighted by atomic mass is 16.5. The first kappa shape index (κ1) is 14.5. The molecule has 6 nitrogen and oxygen atoms in total. The SMILES string of the molecule is CN1CCN(c2cnn(CC[C@@H]3CCOC3)c(=O)c2)CC1. The summed E-state index contributed by atoms with van der Waals surface area (Å²) in [7, 11) is 2.13. The third kappa shape index (κ3) is 3.63. The van der Waals surface area contributed by atoms with Crippen molar-refractivity contribution in [2.24, 2.45) is 5.92 Å². The monoisotopic (exact) mass is 292 g/mol. The predicted octanol–water partition coefficient (Wildman–Crippen LogP) is 0.422. The Hall–Kier alpha value is -1.40. The quantitative estimate of drug-likeness (QED) is 0.805. The van der Waals surface area contributed by atoms with Gasteiger partial charge in [-0.05, 0) is 25.8 Å². The summed E-state index contributed by atoms with van der Waals surface area (Å²) in [6, 6.07) is 1.73. The van der Waals surface area contributed by atoms with Crippen molar-refractivity contribution < 1.29 is 4.74 Å². The molecule has 1 atom stereocenters. The fourth-order valence-electron chi connectivity index (χ4n) is 2.95. The number of aryl methyl sites for hydroxylation is 1. The van der Waals surface area contributed by atoms with Gasteiger partial charge in [0, 0.05) is 52.0 Å². The third-order valence-electron chi connectivity index (χ3n) is 4.50. The summed E-state index contributed by atoms with van der Waals surface area (Å²) in [6.45, 7) is 6.36. The highest BCUT2D eigenvalue weighted by Crippen LogP contribution is 2.17. The molecule has 0 unspecified atom stereocenters. The molecule has 2 aliphatic rings. The van der Waals surface area contributed by atoms with E-state index in [9.17, 15) is 4.79 Å². The van der Waals surface area contributed by atoms with Crippen LogP contribution in [0.5, 0.6) is 0 Å². The van der Waals surface area contributed by atoms with Crippen LogP contribution >= 0.6 is 0 Å². The molecule has 0 aromatic carbocycles. The lowest BCUT2D eigenvalue weighted by molar-refractivity contribution is 0.183. The summed E-state index contributed by atoms with van der Waals surface area (Å²) in [5.41, 5.74) is 0.957. The van der Waals surface area contributed by atoms with E-state index >= 15 is 0 Å². The molecule has 0 saturated carbocycles. The number of piperazine rings is 1. The fourth-order valence-corrected chi connectivity index (χ4v) is 2.95. The third-order valence-corrected chi connectivity index (χ3v) is 4.50. The zero-order valence-corrected chi connectivity index (χ0v) is 12.7. The molecular weight excluding hydrogens is 268 g/mol. The minimum atomic E-state index is 0.00495. The van der Waals surface area contributed by atoms with Gasteiger partial charge in [-0.2, -0.15) is 5.10 Å². The van der Waals surface area contributed by atoms with Crippen molar-refractivity contribution in [3.8, 4) is 0 Å². The Labute approximate surface area is 125 Å². The van der Waals surface area contributed by atoms with Crippen LogP contribution in [0.1, 0.15) is 12.8 Å². The van der Waals surface area contributed by atoms with Crippen molar-refractivity contribution in [3.05, 3.63) is 22.6 Å². The number of nitrogens with zero attached hydrogens (tertiary/aromatic N) is 4. The number of hydrogen-bond acceptors (Lipinski definition) is 5. The Morgan fingerprint density at radius 3 is 2.81 bits per heavy atom. The summed E-state index contributed by atoms with van der Waals surface area (Å²) in [5.74, 6) is 0.580. The maximum atomic E-state index is 12.2. The van der Waals surface area contributed by atoms with Gasteiger partial charge < -0.3 is 14.5 Å². The van der Waals surface area contributed by atoms with Gasteiger partial charge in [0.1, 0.15) is 0 Å². The molecule has 2 fully saturated rings. The van der Waals surface area contributed by atoms with Crippen LogP contribution in [0.25, 0.3) is 0 Å². The average molecular weight is 292 g/mol. The molecule has 3 heterocycles. The lowest BCUT2D eigenvalue weighted by atomic mass is 10.1. The maximum Gasteiger partial charge on any atom is 0.268 e. The smallest absolute Gasteiger partial charge is 0.268 e. The first-order chi connectivity index (χ1) is 10.2. The molecule has 116 valence electrons. The lowest BCUT2D eigenvalue weighted by Gasteiger charge is -2.33. The first-order valence-electron chi connectivity index (χ1n) is 7.81. The molecule has 2 saturated heterocycles. The van der Waals surface area contributed by atoms with Gasteiger partial charge in [0.05, 0.1) is 11.9 Å². The molecular formula is C15H24N4O2. The highest BCUT2D eigenvalue weighted by Gasteiger charge is 2.17. The van der Waals surface area contributed by atoms with Gasteiger partial charge in [0.2, 0.25) is 0 Å². The van der Waals surface area contributed by atoms with Gasteiger partial charge >= 0.3 is 0 Å². The van der Waals surface area contributed by atoms with E-state index in [-0.39, 0.29) is 5.56 Å². The average Bonchev–Trinajstić information content (AvgIpc) is 3.00. The van der Waals surface area contributed by atoms with Crippen LogP contribution in [0.4, 0.5) is 5.69 Å². The summed E-state index contributed by atoms with van der Waals surface area (Å²) in [4.78, 5) is 16.7. The van der Waals surface area contributed by atoms with Gasteiger partial charge in [0.25, 0.3) is 5.56 Å². The van der Waals surface area contributed by atoms with E-state index < -0.39 is 0 Å². The minimum Gasteiger partial charge on any atom is -0.381 e. The number of ether oxygens (including phenoxy) is 1. The molecule has 0 bridgehead atoms. The van der Waals surface area contributed by atoms with Crippen molar-refractivity contribution in [1.29, 1.82) is 0 Å². The fraction of sp³-hybridized carbons (Fsp3) is 0.733. The molecule has 1 aromatic heterocycles. The molecule has 0 aliphatic carbocycles. The Balaban J connectivity index is 1.61. The zero-order chi connectivity index (χ0) is 14.7. The second-order valence-electron chi connectivity index (χ2n) is 6.08. The zero-order valence-electron chi connectivity index (χ0n) is 12.7. The van der Waals surface area contributed by atoms with E-state index in [0.717, 1.165) is 57.9 Å². The van der Waals surface area contributed by atoms with Crippen LogP contribution in [0.15, 0.2) is 17.1 Å². The van der Waals surface area contributed by atoms with E-state index in [1.165, 1.54) is 0 Å². The van der Waals surface area contributed by atoms with E-state index in [2.05, 4.69) is 21.9 Å². The molecule has 2 aliphatic heterocycles. The number of rotatable bonds is 4. The van der Waals surface area contributed by atoms with Crippen molar-refractivity contribution in [2.45, 2.75) is 19.4 Å². The van der Waals surface area contributed by atoms with Gasteiger partial charge in [-0.1, -0.05) is 0 Å². The second-order valence-corrected chi connectivity index (χ2v) is 6.08. The number of hydrogen-bond donors (Lipinski definition) is 0. The first-order valence-corrected chi connectivity index (χ1v) is 7.81. The lowest BCUT2D eigenvalue weighted by Crippen LogP contribution is -2.45. The molecule has 0 amide bonds. The van der Waals surface area contributed by atoms with E-state index in [0.29, 0.717) is 12.5 Å². The van der Waals surface area contributed by atoms with E-state index in [1.54, 1.807) is 10.7 Å². The molecule has 21 heavy (non-hydrogen) atoms. The standard InChI is InChI=1S/C15H24N4O2/c1-17-5-7-18(8-6-17)14-10-15(20)19(16-11-14)4-2-13-3-9-21-12-13/h10-11,13H,2-9,12H2,1H3/t13-/m1/s1. The van der Waals surface area contributed by atoms with Crippen LogP contribution in [-0.4, -0.2) is 61.1 Å². The molecule has 0 radical (unpaired) electrons. The van der Waals surface area contributed by atoms with Gasteiger partial charge in [0.15, 0.2) is 0 Å². The number of anilines is 1. The van der Waals surface area contributed by atoms with Crippen molar-refractivity contribution in [3.63, 3.8) is 0 Å². The highest BCUT2D eigenvalue weighted by molar-refractivity contribution is 5.43. The summed E-state index contributed by atoms with van der Waals surface area (Å²) in [5, 5.41) is 4.34. The second kappa shape index (κ2) is 6.58. The summed E-state index contributed by atoms with van der Waals surface area (Å²) < 4.78 is 6.95. The van der Waals surface area contributed by atoms with Crippen molar-refractivity contribution in [2.75, 3.05) is 51.3 Å². The number of aromatic nitrogens is 2. The summed E-state index contributed by atoms with van der Waals surface area (Å²) in [6.07, 6.45) is 3.91. The van der Waals surface area contributed by atoms with Crippen LogP contribution in [0.2, 0.25) is 0 Å². The molecule has 0 N–H and O–H groups in total. The van der Waals surface area contributed by atoms with E-state index in [4.69, 9.17) is 4.74 Å². The van der Waals surface area contributed by atoms with Crippen LogP contribution in [0.3, 0.4) is 0 Å². The van der Waals surface area contributed by atoms with Crippen LogP contribution < -0.4 is 10.5 Å². The van der Waals surface area contributed by atoms with Crippen molar-refractivity contribution in [1.82, 2.24) is 14.7 Å². The van der Waals surface area contributed by atoms with Crippen molar-refractivity contribution >= 4 is 5.69 Å². The normalized spacial score (nSPS) is 23.7. The Bertz CT molecular complexity index is 517. The van der Waals surface area contributed by atoms with Gasteiger partial charge in [-0.25, -0.2) is 4.68 Å². The Morgan fingerprint density at radius 1 is 1.33 bits per heavy atom. The molecule has 3 rings (SSSR count). The van der Waals surface area contributed by atoms with Crippen LogP contribution in [0, 0.1) is 5.92 Å². The maximum absolute atomic E-state index is 12.2. The van der Waals surface area contributed by atoms with Crippen LogP contribution in [-0.2, 0) is 11.3 Å². The Morgan fingerprint density at radius 2 is 2.14 bits per heavy atom. The largest absolute Gasteiger partial charge is 0.381 e. The number of likely N-dealkylation sites (N-methyl/N-ethyl adjacent to an activating group) is 1. The van der Waals surface area contributed by atoms with Gasteiger partial charge in [-0.15, -0.1) is 0 Å². The topological polar surface area (TPSA) is 50.6 Å². The predicted molar refractivity (Wildman–Crippen MR) is 81.8 cm³/mol.